The normalized spacial score (nSPS) is 14.2. The number of carbonyl (C=O) groups is 3. The summed E-state index contributed by atoms with van der Waals surface area (Å²) in [6.45, 7) is 7.03. The fraction of sp³-hybridized carbons (Fsp3) is 0.281. The third-order valence-corrected chi connectivity index (χ3v) is 6.95. The van der Waals surface area contributed by atoms with E-state index >= 15 is 0 Å². The number of imide groups is 2. The van der Waals surface area contributed by atoms with Crippen LogP contribution in [0.15, 0.2) is 64.6 Å². The second-order valence-electron chi connectivity index (χ2n) is 9.58. The van der Waals surface area contributed by atoms with Crippen molar-refractivity contribution >= 4 is 39.9 Å². The van der Waals surface area contributed by atoms with Gasteiger partial charge >= 0.3 is 6.03 Å². The topological polar surface area (TPSA) is 103 Å². The van der Waals surface area contributed by atoms with Gasteiger partial charge in [-0.05, 0) is 83.2 Å². The number of nitrogens with one attached hydrogen (secondary N) is 1. The van der Waals surface area contributed by atoms with Crippen LogP contribution in [0.25, 0.3) is 6.08 Å². The van der Waals surface area contributed by atoms with E-state index < -0.39 is 17.8 Å². The first-order valence-corrected chi connectivity index (χ1v) is 14.4. The van der Waals surface area contributed by atoms with E-state index in [1.54, 1.807) is 30.3 Å². The van der Waals surface area contributed by atoms with E-state index in [2.05, 4.69) is 21.2 Å². The van der Waals surface area contributed by atoms with Crippen LogP contribution in [0.3, 0.4) is 0 Å². The molecule has 1 fully saturated rings. The van der Waals surface area contributed by atoms with Gasteiger partial charge in [0.2, 0.25) is 0 Å². The maximum absolute atomic E-state index is 13.4. The highest BCUT2D eigenvalue weighted by Crippen LogP contribution is 2.38. The Balaban J connectivity index is 1.58. The number of ether oxygens (including phenoxy) is 4. The Kier molecular flexibility index (Phi) is 10.2. The first-order valence-electron chi connectivity index (χ1n) is 13.6. The van der Waals surface area contributed by atoms with E-state index in [4.69, 9.17) is 18.9 Å². The zero-order valence-electron chi connectivity index (χ0n) is 24.0. The summed E-state index contributed by atoms with van der Waals surface area (Å²) in [4.78, 5) is 39.8. The van der Waals surface area contributed by atoms with Crippen LogP contribution in [-0.4, -0.2) is 43.1 Å². The summed E-state index contributed by atoms with van der Waals surface area (Å²) >= 11 is 3.54. The van der Waals surface area contributed by atoms with Crippen molar-refractivity contribution in [3.05, 3.63) is 86.9 Å². The number of benzene rings is 3. The zero-order chi connectivity index (χ0) is 30.2. The van der Waals surface area contributed by atoms with Crippen molar-refractivity contribution in [2.75, 3.05) is 20.3 Å². The lowest BCUT2D eigenvalue weighted by Crippen LogP contribution is -2.53. The van der Waals surface area contributed by atoms with Crippen molar-refractivity contribution in [2.24, 2.45) is 0 Å². The van der Waals surface area contributed by atoms with Crippen LogP contribution in [0.5, 0.6) is 23.0 Å². The quantitative estimate of drug-likeness (QED) is 0.187. The Morgan fingerprint density at radius 1 is 0.881 bits per heavy atom. The standard InChI is InChI=1S/C32H33BrN2O7/c1-5-13-41-26-12-11-22(16-27(26)39-4)18-35-31(37)24(30(36)34-32(35)38)14-23-15-25(33)29(28(17-23)40-6-2)42-19-21-9-7-20(3)8-10-21/h7-12,14-17H,5-6,13,18-19H2,1-4H3,(H,34,36,38)/b24-14+. The Morgan fingerprint density at radius 2 is 1.62 bits per heavy atom. The summed E-state index contributed by atoms with van der Waals surface area (Å²) in [6.07, 6.45) is 2.26. The average Bonchev–Trinajstić information content (AvgIpc) is 2.97. The van der Waals surface area contributed by atoms with Crippen molar-refractivity contribution in [3.63, 3.8) is 0 Å². The van der Waals surface area contributed by atoms with Crippen LogP contribution in [0.1, 0.15) is 42.5 Å². The molecule has 4 amide bonds. The summed E-state index contributed by atoms with van der Waals surface area (Å²) in [5, 5.41) is 2.26. The second-order valence-corrected chi connectivity index (χ2v) is 10.4. The molecule has 0 saturated carbocycles. The van der Waals surface area contributed by atoms with E-state index in [0.29, 0.717) is 58.4 Å². The van der Waals surface area contributed by atoms with Crippen LogP contribution in [-0.2, 0) is 22.7 Å². The van der Waals surface area contributed by atoms with Gasteiger partial charge in [-0.1, -0.05) is 42.8 Å². The van der Waals surface area contributed by atoms with Crippen LogP contribution >= 0.6 is 15.9 Å². The Morgan fingerprint density at radius 3 is 2.31 bits per heavy atom. The fourth-order valence-electron chi connectivity index (χ4n) is 4.24. The van der Waals surface area contributed by atoms with Crippen LogP contribution in [0, 0.1) is 6.92 Å². The van der Waals surface area contributed by atoms with Crippen LogP contribution < -0.4 is 24.3 Å². The van der Waals surface area contributed by atoms with E-state index in [1.165, 1.54) is 13.2 Å². The number of carbonyl (C=O) groups excluding carboxylic acids is 3. The molecule has 9 nitrogen and oxygen atoms in total. The first kappa shape index (κ1) is 30.6. The van der Waals surface area contributed by atoms with Gasteiger partial charge < -0.3 is 18.9 Å². The van der Waals surface area contributed by atoms with Gasteiger partial charge in [0.1, 0.15) is 12.2 Å². The molecular weight excluding hydrogens is 604 g/mol. The summed E-state index contributed by atoms with van der Waals surface area (Å²) < 4.78 is 23.6. The third kappa shape index (κ3) is 7.30. The highest BCUT2D eigenvalue weighted by molar-refractivity contribution is 9.10. The predicted molar refractivity (Wildman–Crippen MR) is 162 cm³/mol. The second kappa shape index (κ2) is 14.0. The molecule has 0 bridgehead atoms. The van der Waals surface area contributed by atoms with E-state index in [1.807, 2.05) is 45.0 Å². The lowest BCUT2D eigenvalue weighted by atomic mass is 10.1. The molecule has 4 rings (SSSR count). The minimum absolute atomic E-state index is 0.0701. The Hall–Kier alpha value is -4.31. The number of hydrogen-bond acceptors (Lipinski definition) is 7. The SMILES string of the molecule is CCCOc1ccc(CN2C(=O)NC(=O)/C(=C\c3cc(Br)c(OCc4ccc(C)cc4)c(OCC)c3)C2=O)cc1OC. The average molecular weight is 638 g/mol. The molecule has 0 spiro atoms. The molecule has 0 aromatic heterocycles. The number of aryl methyl sites for hydroxylation is 1. The number of urea groups is 1. The van der Waals surface area contributed by atoms with Gasteiger partial charge in [-0.2, -0.15) is 0 Å². The largest absolute Gasteiger partial charge is 0.493 e. The van der Waals surface area contributed by atoms with E-state index in [9.17, 15) is 14.4 Å². The molecule has 3 aromatic carbocycles. The minimum atomic E-state index is -0.802. The zero-order valence-corrected chi connectivity index (χ0v) is 25.6. The van der Waals surface area contributed by atoms with E-state index in [0.717, 1.165) is 22.4 Å². The highest BCUT2D eigenvalue weighted by Gasteiger charge is 2.36. The van der Waals surface area contributed by atoms with Crippen LogP contribution in [0.2, 0.25) is 0 Å². The lowest BCUT2D eigenvalue weighted by Gasteiger charge is -2.26. The van der Waals surface area contributed by atoms with Gasteiger partial charge in [0.05, 0.1) is 31.3 Å². The number of methoxy groups -OCH3 is 1. The lowest BCUT2D eigenvalue weighted by molar-refractivity contribution is -0.130. The van der Waals surface area contributed by atoms with Gasteiger partial charge in [0.15, 0.2) is 23.0 Å². The first-order chi connectivity index (χ1) is 20.2. The molecule has 0 aliphatic carbocycles. The number of rotatable bonds is 12. The molecule has 1 aliphatic rings. The molecule has 0 radical (unpaired) electrons. The van der Waals surface area contributed by atoms with E-state index in [-0.39, 0.29) is 12.1 Å². The molecule has 10 heteroatoms. The fourth-order valence-corrected chi connectivity index (χ4v) is 4.82. The smallest absolute Gasteiger partial charge is 0.331 e. The monoisotopic (exact) mass is 636 g/mol. The van der Waals surface area contributed by atoms with Crippen molar-refractivity contribution in [2.45, 2.75) is 40.3 Å². The number of amides is 4. The van der Waals surface area contributed by atoms with Gasteiger partial charge in [-0.25, -0.2) is 4.79 Å². The number of barbiturate groups is 1. The molecule has 42 heavy (non-hydrogen) atoms. The third-order valence-electron chi connectivity index (χ3n) is 6.36. The summed E-state index contributed by atoms with van der Waals surface area (Å²) in [7, 11) is 1.52. The molecule has 1 N–H and O–H groups in total. The molecule has 220 valence electrons. The van der Waals surface area contributed by atoms with Gasteiger partial charge in [0, 0.05) is 0 Å². The maximum Gasteiger partial charge on any atom is 0.331 e. The highest BCUT2D eigenvalue weighted by atomic mass is 79.9. The number of nitrogens with zero attached hydrogens (tertiary/aromatic N) is 1. The van der Waals surface area contributed by atoms with Gasteiger partial charge in [-0.3, -0.25) is 19.8 Å². The van der Waals surface area contributed by atoms with Crippen molar-refractivity contribution in [1.29, 1.82) is 0 Å². The van der Waals surface area contributed by atoms with Gasteiger partial charge in [-0.15, -0.1) is 0 Å². The van der Waals surface area contributed by atoms with Crippen LogP contribution in [0.4, 0.5) is 4.79 Å². The van der Waals surface area contributed by atoms with Crippen molar-refractivity contribution in [1.82, 2.24) is 10.2 Å². The summed E-state index contributed by atoms with van der Waals surface area (Å²) in [5.41, 5.74) is 3.11. The minimum Gasteiger partial charge on any atom is -0.493 e. The molecule has 3 aromatic rings. The molecule has 1 saturated heterocycles. The Bertz CT molecular complexity index is 1500. The molecule has 1 aliphatic heterocycles. The van der Waals surface area contributed by atoms with Gasteiger partial charge in [0.25, 0.3) is 11.8 Å². The van der Waals surface area contributed by atoms with Crippen molar-refractivity contribution < 1.29 is 33.3 Å². The predicted octanol–water partition coefficient (Wildman–Crippen LogP) is 6.19. The summed E-state index contributed by atoms with van der Waals surface area (Å²) in [6, 6.07) is 15.8. The number of halogens is 1. The van der Waals surface area contributed by atoms with Crippen molar-refractivity contribution in [3.8, 4) is 23.0 Å². The molecule has 0 unspecified atom stereocenters. The molecule has 1 heterocycles. The molecule has 0 atom stereocenters. The summed E-state index contributed by atoms with van der Waals surface area (Å²) in [5.74, 6) is 0.487. The Labute approximate surface area is 253 Å². The molecular formula is C32H33BrN2O7. The maximum atomic E-state index is 13.4. The number of hydrogen-bond donors (Lipinski definition) is 1.